The molecule has 1 aliphatic heterocycles. The third-order valence-electron chi connectivity index (χ3n) is 6.11. The molecule has 1 heterocycles. The van der Waals surface area contributed by atoms with Crippen molar-refractivity contribution in [1.82, 2.24) is 15.1 Å². The molecule has 0 atom stereocenters. The Morgan fingerprint density at radius 2 is 1.57 bits per heavy atom. The number of carbonyl (C=O) groups is 2. The van der Waals surface area contributed by atoms with Crippen LogP contribution in [-0.4, -0.2) is 41.0 Å². The van der Waals surface area contributed by atoms with E-state index in [2.05, 4.69) is 50.4 Å². The molecule has 1 aliphatic carbocycles. The van der Waals surface area contributed by atoms with Crippen molar-refractivity contribution in [2.24, 2.45) is 0 Å². The highest BCUT2D eigenvalue weighted by atomic mass is 16.2. The van der Waals surface area contributed by atoms with Gasteiger partial charge in [0.05, 0.1) is 6.67 Å². The maximum Gasteiger partial charge on any atom is 0.326 e. The maximum absolute atomic E-state index is 13.1. The summed E-state index contributed by atoms with van der Waals surface area (Å²) in [6.07, 6.45) is 7.09. The van der Waals surface area contributed by atoms with Crippen molar-refractivity contribution in [2.75, 3.05) is 13.7 Å². The van der Waals surface area contributed by atoms with Crippen molar-refractivity contribution < 1.29 is 9.59 Å². The fraction of sp³-hybridized carbons (Fsp3) is 0.652. The number of urea groups is 1. The van der Waals surface area contributed by atoms with Crippen LogP contribution in [0.15, 0.2) is 24.3 Å². The molecule has 3 amide bonds. The van der Waals surface area contributed by atoms with Gasteiger partial charge in [0.15, 0.2) is 0 Å². The topological polar surface area (TPSA) is 52.6 Å². The van der Waals surface area contributed by atoms with Gasteiger partial charge in [0.2, 0.25) is 0 Å². The largest absolute Gasteiger partial charge is 0.326 e. The first-order valence-electron chi connectivity index (χ1n) is 10.6. The van der Waals surface area contributed by atoms with Crippen LogP contribution in [-0.2, 0) is 16.8 Å². The summed E-state index contributed by atoms with van der Waals surface area (Å²) in [5, 5.41) is 3.04. The monoisotopic (exact) mass is 385 g/mol. The van der Waals surface area contributed by atoms with Gasteiger partial charge >= 0.3 is 6.03 Å². The van der Waals surface area contributed by atoms with Crippen molar-refractivity contribution in [3.05, 3.63) is 35.4 Å². The van der Waals surface area contributed by atoms with Crippen molar-refractivity contribution >= 4 is 11.9 Å². The van der Waals surface area contributed by atoms with Crippen LogP contribution >= 0.6 is 0 Å². The predicted molar refractivity (Wildman–Crippen MR) is 112 cm³/mol. The van der Waals surface area contributed by atoms with Crippen molar-refractivity contribution in [1.29, 1.82) is 0 Å². The fourth-order valence-corrected chi connectivity index (χ4v) is 4.37. The van der Waals surface area contributed by atoms with Crippen LogP contribution < -0.4 is 5.32 Å². The Morgan fingerprint density at radius 3 is 2.14 bits per heavy atom. The van der Waals surface area contributed by atoms with Gasteiger partial charge in [-0.15, -0.1) is 0 Å². The zero-order valence-electron chi connectivity index (χ0n) is 17.9. The quantitative estimate of drug-likeness (QED) is 0.781. The molecule has 5 nitrogen and oxygen atoms in total. The van der Waals surface area contributed by atoms with Gasteiger partial charge in [-0.05, 0) is 36.4 Å². The molecular formula is C23H35N3O2. The van der Waals surface area contributed by atoms with E-state index in [1.54, 1.807) is 0 Å². The number of amides is 3. The fourth-order valence-electron chi connectivity index (χ4n) is 4.37. The Hall–Kier alpha value is -1.88. The van der Waals surface area contributed by atoms with Gasteiger partial charge in [0.25, 0.3) is 5.91 Å². The van der Waals surface area contributed by atoms with Crippen LogP contribution in [0.2, 0.25) is 0 Å². The van der Waals surface area contributed by atoms with E-state index in [0.717, 1.165) is 38.5 Å². The zero-order chi connectivity index (χ0) is 20.4. The Labute approximate surface area is 169 Å². The third kappa shape index (κ3) is 4.57. The van der Waals surface area contributed by atoms with E-state index >= 15 is 0 Å². The molecule has 1 saturated carbocycles. The zero-order valence-corrected chi connectivity index (χ0v) is 17.9. The van der Waals surface area contributed by atoms with E-state index in [-0.39, 0.29) is 17.4 Å². The van der Waals surface area contributed by atoms with Gasteiger partial charge in [0, 0.05) is 6.54 Å². The molecule has 2 fully saturated rings. The summed E-state index contributed by atoms with van der Waals surface area (Å²) in [5.41, 5.74) is 1.96. The number of carbonyl (C=O) groups excluding carboxylic acids is 2. The Balaban J connectivity index is 1.62. The first-order valence-corrected chi connectivity index (χ1v) is 10.6. The van der Waals surface area contributed by atoms with Crippen LogP contribution in [0.4, 0.5) is 4.79 Å². The van der Waals surface area contributed by atoms with E-state index in [4.69, 9.17) is 0 Å². The number of rotatable bonds is 4. The Morgan fingerprint density at radius 1 is 1.00 bits per heavy atom. The molecular weight excluding hydrogens is 350 g/mol. The van der Waals surface area contributed by atoms with Gasteiger partial charge in [0.1, 0.15) is 5.54 Å². The molecule has 0 radical (unpaired) electrons. The number of nitrogens with zero attached hydrogens (tertiary/aromatic N) is 2. The van der Waals surface area contributed by atoms with Crippen LogP contribution in [0.5, 0.6) is 0 Å². The molecule has 0 bridgehead atoms. The Kier molecular flexibility index (Phi) is 6.13. The van der Waals surface area contributed by atoms with Gasteiger partial charge < -0.3 is 5.32 Å². The third-order valence-corrected chi connectivity index (χ3v) is 6.11. The lowest BCUT2D eigenvalue weighted by Crippen LogP contribution is -2.48. The van der Waals surface area contributed by atoms with E-state index in [1.807, 2.05) is 11.9 Å². The molecule has 1 spiro atoms. The minimum atomic E-state index is -0.660. The summed E-state index contributed by atoms with van der Waals surface area (Å²) in [4.78, 5) is 29.1. The molecule has 1 aromatic carbocycles. The molecule has 1 N–H and O–H groups in total. The molecule has 5 heteroatoms. The summed E-state index contributed by atoms with van der Waals surface area (Å²) in [6, 6.07) is 8.37. The minimum Gasteiger partial charge on any atom is -0.323 e. The van der Waals surface area contributed by atoms with Gasteiger partial charge in [-0.3, -0.25) is 9.69 Å². The summed E-state index contributed by atoms with van der Waals surface area (Å²) >= 11 is 0. The first-order chi connectivity index (χ1) is 13.2. The van der Waals surface area contributed by atoms with Crippen LogP contribution in [0.3, 0.4) is 0 Å². The Bertz CT molecular complexity index is 698. The molecule has 0 unspecified atom stereocenters. The smallest absolute Gasteiger partial charge is 0.323 e. The highest BCUT2D eigenvalue weighted by Gasteiger charge is 2.50. The van der Waals surface area contributed by atoms with Crippen molar-refractivity contribution in [3.8, 4) is 0 Å². The standard InChI is InChI=1S/C23H35N3O2/c1-22(2,3)19-12-10-18(11-13-19)16-25(4)17-26-20(27)23(24-21(26)28)14-8-6-5-7-9-15-23/h10-13H,5-9,14-17H2,1-4H3,(H,24,28). The summed E-state index contributed by atoms with van der Waals surface area (Å²) in [6.45, 7) is 7.65. The van der Waals surface area contributed by atoms with Crippen LogP contribution in [0.25, 0.3) is 0 Å². The van der Waals surface area contributed by atoms with E-state index in [9.17, 15) is 9.59 Å². The molecule has 1 aromatic rings. The molecule has 28 heavy (non-hydrogen) atoms. The number of hydrogen-bond donors (Lipinski definition) is 1. The average Bonchev–Trinajstić information content (AvgIpc) is 2.83. The molecule has 0 aromatic heterocycles. The number of imide groups is 1. The second-order valence-electron chi connectivity index (χ2n) is 9.62. The van der Waals surface area contributed by atoms with Gasteiger partial charge in [-0.25, -0.2) is 9.69 Å². The van der Waals surface area contributed by atoms with Gasteiger partial charge in [-0.1, -0.05) is 77.1 Å². The lowest BCUT2D eigenvalue weighted by molar-refractivity contribution is -0.133. The van der Waals surface area contributed by atoms with Crippen molar-refractivity contribution in [2.45, 2.75) is 83.2 Å². The molecule has 1 saturated heterocycles. The summed E-state index contributed by atoms with van der Waals surface area (Å²) in [7, 11) is 1.96. The normalized spacial score (nSPS) is 20.4. The highest BCUT2D eigenvalue weighted by Crippen LogP contribution is 2.32. The maximum atomic E-state index is 13.1. The second-order valence-corrected chi connectivity index (χ2v) is 9.62. The summed E-state index contributed by atoms with van der Waals surface area (Å²) in [5.74, 6) is -0.0330. The van der Waals surface area contributed by atoms with E-state index in [1.165, 1.54) is 22.4 Å². The molecule has 154 valence electrons. The lowest BCUT2D eigenvalue weighted by Gasteiger charge is -2.29. The van der Waals surface area contributed by atoms with E-state index in [0.29, 0.717) is 13.2 Å². The minimum absolute atomic E-state index is 0.0330. The van der Waals surface area contributed by atoms with Crippen LogP contribution in [0.1, 0.15) is 76.8 Å². The number of nitrogens with one attached hydrogen (secondary N) is 1. The lowest BCUT2D eigenvalue weighted by atomic mass is 9.84. The van der Waals surface area contributed by atoms with Crippen molar-refractivity contribution in [3.63, 3.8) is 0 Å². The average molecular weight is 386 g/mol. The first kappa shape index (κ1) is 20.8. The second kappa shape index (κ2) is 8.24. The predicted octanol–water partition coefficient (Wildman–Crippen LogP) is 4.41. The molecule has 2 aliphatic rings. The van der Waals surface area contributed by atoms with Gasteiger partial charge in [-0.2, -0.15) is 0 Å². The molecule has 3 rings (SSSR count). The summed E-state index contributed by atoms with van der Waals surface area (Å²) < 4.78 is 0. The highest BCUT2D eigenvalue weighted by molar-refractivity contribution is 6.07. The SMILES string of the molecule is CN(Cc1ccc(C(C)(C)C)cc1)CN1C(=O)NC2(CCCCCCC2)C1=O. The number of benzene rings is 1. The van der Waals surface area contributed by atoms with Crippen LogP contribution in [0, 0.1) is 0 Å². The van der Waals surface area contributed by atoms with E-state index < -0.39 is 5.54 Å². The number of hydrogen-bond acceptors (Lipinski definition) is 3.